The van der Waals surface area contributed by atoms with Crippen molar-refractivity contribution in [1.82, 2.24) is 0 Å². The van der Waals surface area contributed by atoms with Crippen LogP contribution in [0.4, 0.5) is 17.1 Å². The van der Waals surface area contributed by atoms with E-state index in [1.54, 1.807) is 48.5 Å². The third-order valence-electron chi connectivity index (χ3n) is 21.9. The number of methoxy groups -OCH3 is 17. The highest BCUT2D eigenvalue weighted by atomic mass is 16.8. The average molecular weight is 1700 g/mol. The summed E-state index contributed by atoms with van der Waals surface area (Å²) in [6.07, 6.45) is -31.2. The van der Waals surface area contributed by atoms with Gasteiger partial charge in [-0.25, -0.2) is 0 Å². The van der Waals surface area contributed by atoms with Gasteiger partial charge in [-0.2, -0.15) is 10.2 Å². The minimum absolute atomic E-state index is 0.0338. The molecule has 22 fully saturated rings. The minimum atomic E-state index is -1.32. The summed E-state index contributed by atoms with van der Waals surface area (Å²) >= 11 is 0. The second kappa shape index (κ2) is 48.4. The van der Waals surface area contributed by atoms with E-state index in [0.29, 0.717) is 54.8 Å². The van der Waals surface area contributed by atoms with E-state index in [1.165, 1.54) is 121 Å². The molecule has 22 saturated heterocycles. The lowest BCUT2D eigenvalue weighted by atomic mass is 9.94. The smallest absolute Gasteiger partial charge is 0.224 e. The van der Waals surface area contributed by atoms with Crippen LogP contribution in [0.3, 0.4) is 0 Å². The number of aryl methyl sites for hydroxylation is 2. The van der Waals surface area contributed by atoms with Gasteiger partial charge in [-0.1, -0.05) is 0 Å². The van der Waals surface area contributed by atoms with Crippen molar-refractivity contribution >= 4 is 23.0 Å². The summed E-state index contributed by atoms with van der Waals surface area (Å²) in [5.74, 6) is 1.59. The SMILES string of the molecule is COCC1OC2OC3C(COC)OC(OC4C(COC)OC(OC5C(COc6ccc(N=Nc7ccc(OCCCC(=O)Nc8cc(C)c(OCCOCCO)c(C)c8)cc7)cc6)OC(OC6C(COC)OC(OC7C(COC)OC(OC1C(OC)C2OC)C(OC)C7OC)C(OC)C6OC)C(OC)C5OC)C(OC)C4OC)C(OC)C3OC. The van der Waals surface area contributed by atoms with E-state index in [-0.39, 0.29) is 65.2 Å². The predicted molar refractivity (Wildman–Crippen MR) is 415 cm³/mol. The molecule has 30 unspecified atom stereocenters. The first kappa shape index (κ1) is 96.1. The molecule has 30 atom stereocenters. The molecule has 22 aliphatic rings. The van der Waals surface area contributed by atoms with Crippen LogP contribution in [0.2, 0.25) is 0 Å². The molecule has 22 aliphatic heterocycles. The van der Waals surface area contributed by atoms with Crippen LogP contribution in [0.5, 0.6) is 17.2 Å². The van der Waals surface area contributed by atoms with Crippen LogP contribution < -0.4 is 19.5 Å². The molecule has 22 heterocycles. The summed E-state index contributed by atoms with van der Waals surface area (Å²) in [6.45, 7) is 4.55. The maximum atomic E-state index is 13.0. The van der Waals surface area contributed by atoms with E-state index in [4.69, 9.17) is 161 Å². The Balaban J connectivity index is 0.930. The van der Waals surface area contributed by atoms with Crippen LogP contribution in [-0.4, -0.2) is 389 Å². The van der Waals surface area contributed by atoms with E-state index in [0.717, 1.165) is 16.9 Å². The molecule has 3 aromatic carbocycles. The molecule has 0 saturated carbocycles. The van der Waals surface area contributed by atoms with Gasteiger partial charge in [-0.3, -0.25) is 4.79 Å². The van der Waals surface area contributed by atoms with Crippen molar-refractivity contribution in [1.29, 1.82) is 0 Å². The zero-order valence-electron chi connectivity index (χ0n) is 71.5. The van der Waals surface area contributed by atoms with Crippen LogP contribution in [0.1, 0.15) is 24.0 Å². The molecule has 25 rings (SSSR count). The number of aliphatic hydroxyl groups is 1. The molecule has 12 bridgehead atoms. The lowest BCUT2D eigenvalue weighted by Gasteiger charge is -2.53. The van der Waals surface area contributed by atoms with Crippen molar-refractivity contribution in [2.45, 2.75) is 211 Å². The number of aliphatic hydroxyl groups excluding tert-OH is 1. The number of hydrogen-bond donors (Lipinski definition) is 2. The van der Waals surface area contributed by atoms with Gasteiger partial charge < -0.3 is 167 Å². The highest BCUT2D eigenvalue weighted by molar-refractivity contribution is 5.91. The van der Waals surface area contributed by atoms with Crippen LogP contribution >= 0.6 is 0 Å². The number of nitrogens with zero attached hydrogens (tertiary/aromatic N) is 2. The monoisotopic (exact) mass is 1700 g/mol. The van der Waals surface area contributed by atoms with Gasteiger partial charge in [0.05, 0.1) is 70.8 Å². The Morgan fingerprint density at radius 1 is 0.336 bits per heavy atom. The third-order valence-corrected chi connectivity index (χ3v) is 21.9. The van der Waals surface area contributed by atoms with Gasteiger partial charge in [0, 0.05) is 133 Å². The quantitative estimate of drug-likeness (QED) is 0.0591. The maximum Gasteiger partial charge on any atom is 0.224 e. The second-order valence-electron chi connectivity index (χ2n) is 29.2. The summed E-state index contributed by atoms with van der Waals surface area (Å²) in [4.78, 5) is 13.0. The molecule has 674 valence electrons. The van der Waals surface area contributed by atoms with Crippen LogP contribution in [0.25, 0.3) is 0 Å². The molecule has 2 N–H and O–H groups in total. The maximum absolute atomic E-state index is 13.0. The van der Waals surface area contributed by atoms with Crippen molar-refractivity contribution in [3.05, 3.63) is 71.8 Å². The number of ether oxygens (including phenoxy) is 33. The van der Waals surface area contributed by atoms with Crippen molar-refractivity contribution in [2.24, 2.45) is 10.2 Å². The van der Waals surface area contributed by atoms with Gasteiger partial charge in [0.2, 0.25) is 5.91 Å². The Morgan fingerprint density at radius 3 is 0.882 bits per heavy atom. The van der Waals surface area contributed by atoms with Crippen molar-refractivity contribution < 1.29 is 166 Å². The lowest BCUT2D eigenvalue weighted by molar-refractivity contribution is -0.409. The fraction of sp³-hybridized carbons (Fsp3) is 0.765. The van der Waals surface area contributed by atoms with Gasteiger partial charge in [-0.05, 0) is 92.1 Å². The van der Waals surface area contributed by atoms with Gasteiger partial charge in [-0.15, -0.1) is 0 Å². The fourth-order valence-corrected chi connectivity index (χ4v) is 16.3. The number of nitrogens with one attached hydrogen (secondary N) is 1. The Labute approximate surface area is 695 Å². The molecule has 3 aromatic rings. The summed E-state index contributed by atoms with van der Waals surface area (Å²) in [5, 5.41) is 20.9. The Kier molecular flexibility index (Phi) is 39.1. The first-order valence-corrected chi connectivity index (χ1v) is 39.7. The summed E-state index contributed by atoms with van der Waals surface area (Å²) < 4.78 is 214. The summed E-state index contributed by atoms with van der Waals surface area (Å²) in [6, 6.07) is 17.8. The van der Waals surface area contributed by atoms with E-state index in [1.807, 2.05) is 26.0 Å². The molecule has 0 aromatic heterocycles. The number of rotatable bonds is 39. The number of benzene rings is 3. The van der Waals surface area contributed by atoms with Crippen molar-refractivity contribution in [2.75, 3.05) is 199 Å². The van der Waals surface area contributed by atoms with Gasteiger partial charge >= 0.3 is 0 Å². The molecule has 0 spiro atoms. The molecule has 119 heavy (non-hydrogen) atoms. The Bertz CT molecular complexity index is 3400. The first-order valence-electron chi connectivity index (χ1n) is 39.7. The number of anilines is 1. The average Bonchev–Trinajstić information content (AvgIpc) is 0.759. The molecular formula is C81H125N3O35. The van der Waals surface area contributed by atoms with E-state index < -0.39 is 184 Å². The second-order valence-corrected chi connectivity index (χ2v) is 29.2. The van der Waals surface area contributed by atoms with Gasteiger partial charge in [0.1, 0.15) is 177 Å². The lowest BCUT2D eigenvalue weighted by Crippen LogP contribution is -2.70. The van der Waals surface area contributed by atoms with E-state index in [9.17, 15) is 4.79 Å². The highest BCUT2D eigenvalue weighted by Crippen LogP contribution is 2.43. The van der Waals surface area contributed by atoms with Crippen LogP contribution in [0, 0.1) is 13.8 Å². The topological polar surface area (TPSA) is 379 Å². The Hall–Kier alpha value is -5.11. The third kappa shape index (κ3) is 23.7. The first-order chi connectivity index (χ1) is 57.9. The molecule has 38 nitrogen and oxygen atoms in total. The van der Waals surface area contributed by atoms with Gasteiger partial charge in [0.15, 0.2) is 37.7 Å². The number of carbonyl (C=O) groups excluding carboxylic acids is 1. The molecule has 0 radical (unpaired) electrons. The molecule has 38 heteroatoms. The van der Waals surface area contributed by atoms with Crippen LogP contribution in [0.15, 0.2) is 70.9 Å². The molecule has 1 amide bonds. The number of azo groups is 1. The van der Waals surface area contributed by atoms with Crippen molar-refractivity contribution in [3.8, 4) is 17.2 Å². The Morgan fingerprint density at radius 2 is 0.613 bits per heavy atom. The van der Waals surface area contributed by atoms with Crippen LogP contribution in [-0.2, 0) is 147 Å². The standard InChI is InChI=1S/C81H125N3O35/c1-43-35-47(36-44(2)57(43)106-34-33-104-32-30-85)82-56(86)21-20-31-105-48-26-22-45(23-27-48)83-84-46-24-28-49(29-25-46)107-42-55-63-69(97-13)75(103-19)81(113-55)118-62-54(41-91-7)111-79(73(101-17)68(62)96-12)116-60-52(39-89-5)109-77(71(99-15)66(60)94-10)114-58-50(37-87-3)108-76(70(98-14)64(58)92-8)115-59-51(38-88-4)110-78(72(100-16)65(59)93-9)117-61-53(40-90-6)112-80(119-63)74(102-18)67(61)95-11/h22-29,35-36,50-55,58-81,85H,20-21,30-34,37-42H2,1-19H3,(H,82,86). The number of amides is 1. The predicted octanol–water partition coefficient (Wildman–Crippen LogP) is 4.37. The number of hydrogen-bond acceptors (Lipinski definition) is 37. The van der Waals surface area contributed by atoms with E-state index in [2.05, 4.69) is 15.5 Å². The van der Waals surface area contributed by atoms with E-state index >= 15 is 0 Å². The fourth-order valence-electron chi connectivity index (χ4n) is 16.3. The number of carbonyl (C=O) groups is 1. The summed E-state index contributed by atoms with van der Waals surface area (Å²) in [5.41, 5.74) is 3.50. The molecular weight excluding hydrogens is 1570 g/mol. The van der Waals surface area contributed by atoms with Gasteiger partial charge in [0.25, 0.3) is 0 Å². The minimum Gasteiger partial charge on any atom is -0.494 e. The zero-order valence-corrected chi connectivity index (χ0v) is 71.5. The van der Waals surface area contributed by atoms with Crippen molar-refractivity contribution in [3.63, 3.8) is 0 Å². The normalized spacial score (nSPS) is 35.9. The zero-order chi connectivity index (χ0) is 85.2. The highest BCUT2D eigenvalue weighted by Gasteiger charge is 2.61. The molecule has 0 aliphatic carbocycles. The summed E-state index contributed by atoms with van der Waals surface area (Å²) in [7, 11) is 25.6. The largest absolute Gasteiger partial charge is 0.494 e.